The van der Waals surface area contributed by atoms with Gasteiger partial charge in [-0.1, -0.05) is 12.8 Å². The summed E-state index contributed by atoms with van der Waals surface area (Å²) in [6, 6.07) is 0. The van der Waals surface area contributed by atoms with Crippen molar-refractivity contribution in [2.24, 2.45) is 17.3 Å². The molecule has 1 aliphatic carbocycles. The Balaban J connectivity index is 2.66. The molecular formula is C12H20F2O2. The van der Waals surface area contributed by atoms with E-state index in [1.807, 2.05) is 0 Å². The standard InChI is InChI=1S/C12H20F2O2/c1-12(2,11(15)16)7-8-5-3-4-6-9(8)10(13)14/h8-10H,3-7H2,1-2H3,(H,15,16). The van der Waals surface area contributed by atoms with Gasteiger partial charge in [-0.15, -0.1) is 0 Å². The molecular weight excluding hydrogens is 214 g/mol. The molecule has 0 aromatic heterocycles. The van der Waals surface area contributed by atoms with Gasteiger partial charge in [0.25, 0.3) is 0 Å². The molecule has 1 fully saturated rings. The molecule has 0 bridgehead atoms. The van der Waals surface area contributed by atoms with E-state index in [1.54, 1.807) is 13.8 Å². The van der Waals surface area contributed by atoms with E-state index in [0.29, 0.717) is 12.8 Å². The summed E-state index contributed by atoms with van der Waals surface area (Å²) in [5, 5.41) is 9.01. The molecule has 2 nitrogen and oxygen atoms in total. The van der Waals surface area contributed by atoms with Crippen LogP contribution in [-0.2, 0) is 4.79 Å². The second-order valence-corrected chi connectivity index (χ2v) is 5.44. The van der Waals surface area contributed by atoms with Crippen molar-refractivity contribution in [2.75, 3.05) is 0 Å². The fourth-order valence-corrected chi connectivity index (χ4v) is 2.56. The third-order valence-corrected chi connectivity index (χ3v) is 3.64. The van der Waals surface area contributed by atoms with E-state index in [0.717, 1.165) is 19.3 Å². The van der Waals surface area contributed by atoms with Crippen molar-refractivity contribution < 1.29 is 18.7 Å². The van der Waals surface area contributed by atoms with Crippen molar-refractivity contribution in [3.05, 3.63) is 0 Å². The number of hydrogen-bond donors (Lipinski definition) is 1. The summed E-state index contributed by atoms with van der Waals surface area (Å²) in [7, 11) is 0. The molecule has 0 aromatic carbocycles. The van der Waals surface area contributed by atoms with Gasteiger partial charge in [-0.25, -0.2) is 8.78 Å². The van der Waals surface area contributed by atoms with Crippen molar-refractivity contribution >= 4 is 5.97 Å². The Morgan fingerprint density at radius 3 is 2.44 bits per heavy atom. The van der Waals surface area contributed by atoms with E-state index in [9.17, 15) is 13.6 Å². The molecule has 0 amide bonds. The minimum absolute atomic E-state index is 0.139. The number of carboxylic acids is 1. The Bertz CT molecular complexity index is 251. The van der Waals surface area contributed by atoms with Gasteiger partial charge >= 0.3 is 5.97 Å². The lowest BCUT2D eigenvalue weighted by Gasteiger charge is -2.35. The first kappa shape index (κ1) is 13.4. The second kappa shape index (κ2) is 5.11. The van der Waals surface area contributed by atoms with Crippen LogP contribution in [0.3, 0.4) is 0 Å². The largest absolute Gasteiger partial charge is 0.481 e. The molecule has 94 valence electrons. The van der Waals surface area contributed by atoms with E-state index in [4.69, 9.17) is 5.11 Å². The van der Waals surface area contributed by atoms with Gasteiger partial charge in [0.15, 0.2) is 0 Å². The topological polar surface area (TPSA) is 37.3 Å². The Morgan fingerprint density at radius 1 is 1.38 bits per heavy atom. The third kappa shape index (κ3) is 3.16. The molecule has 4 heteroatoms. The van der Waals surface area contributed by atoms with E-state index in [-0.39, 0.29) is 5.92 Å². The van der Waals surface area contributed by atoms with Gasteiger partial charge in [-0.2, -0.15) is 0 Å². The molecule has 1 aliphatic rings. The average Bonchev–Trinajstić information content (AvgIpc) is 2.17. The van der Waals surface area contributed by atoms with Gasteiger partial charge in [-0.3, -0.25) is 4.79 Å². The number of alkyl halides is 2. The highest BCUT2D eigenvalue weighted by molar-refractivity contribution is 5.73. The van der Waals surface area contributed by atoms with Crippen molar-refractivity contribution in [3.8, 4) is 0 Å². The first-order valence-corrected chi connectivity index (χ1v) is 5.86. The van der Waals surface area contributed by atoms with Gasteiger partial charge in [0.2, 0.25) is 6.43 Å². The lowest BCUT2D eigenvalue weighted by atomic mass is 9.71. The van der Waals surface area contributed by atoms with Crippen LogP contribution in [0.15, 0.2) is 0 Å². The maximum absolute atomic E-state index is 12.8. The van der Waals surface area contributed by atoms with Crippen molar-refractivity contribution in [2.45, 2.75) is 52.4 Å². The minimum atomic E-state index is -2.31. The van der Waals surface area contributed by atoms with Crippen LogP contribution in [0.2, 0.25) is 0 Å². The molecule has 0 radical (unpaired) electrons. The molecule has 2 unspecified atom stereocenters. The summed E-state index contributed by atoms with van der Waals surface area (Å²) < 4.78 is 25.6. The predicted molar refractivity (Wildman–Crippen MR) is 57.5 cm³/mol. The lowest BCUT2D eigenvalue weighted by Crippen LogP contribution is -2.33. The first-order chi connectivity index (χ1) is 7.34. The first-order valence-electron chi connectivity index (χ1n) is 5.86. The third-order valence-electron chi connectivity index (χ3n) is 3.64. The molecule has 2 atom stereocenters. The van der Waals surface area contributed by atoms with Crippen LogP contribution in [-0.4, -0.2) is 17.5 Å². The minimum Gasteiger partial charge on any atom is -0.481 e. The zero-order chi connectivity index (χ0) is 12.3. The Morgan fingerprint density at radius 2 is 1.94 bits per heavy atom. The number of halogens is 2. The van der Waals surface area contributed by atoms with Crippen LogP contribution in [0.5, 0.6) is 0 Å². The molecule has 16 heavy (non-hydrogen) atoms. The average molecular weight is 234 g/mol. The number of rotatable bonds is 4. The quantitative estimate of drug-likeness (QED) is 0.807. The molecule has 0 heterocycles. The van der Waals surface area contributed by atoms with Crippen LogP contribution in [0.25, 0.3) is 0 Å². The summed E-state index contributed by atoms with van der Waals surface area (Å²) in [6.07, 6.45) is 1.12. The monoisotopic (exact) mass is 234 g/mol. The van der Waals surface area contributed by atoms with Gasteiger partial charge in [0.05, 0.1) is 5.41 Å². The lowest BCUT2D eigenvalue weighted by molar-refractivity contribution is -0.148. The number of aliphatic carboxylic acids is 1. The van der Waals surface area contributed by atoms with Gasteiger partial charge in [0, 0.05) is 5.92 Å². The highest BCUT2D eigenvalue weighted by atomic mass is 19.3. The van der Waals surface area contributed by atoms with E-state index in [2.05, 4.69) is 0 Å². The summed E-state index contributed by atoms with van der Waals surface area (Å²) >= 11 is 0. The van der Waals surface area contributed by atoms with Crippen LogP contribution in [0, 0.1) is 17.3 Å². The van der Waals surface area contributed by atoms with Crippen LogP contribution in [0.1, 0.15) is 46.0 Å². The Kier molecular flexibility index (Phi) is 4.28. The number of carboxylic acid groups (broad SMARTS) is 1. The molecule has 0 aliphatic heterocycles. The normalized spacial score (nSPS) is 27.1. The van der Waals surface area contributed by atoms with Crippen LogP contribution in [0.4, 0.5) is 8.78 Å². The Hall–Kier alpha value is -0.670. The predicted octanol–water partition coefficient (Wildman–Crippen LogP) is 3.56. The smallest absolute Gasteiger partial charge is 0.309 e. The molecule has 1 N–H and O–H groups in total. The van der Waals surface area contributed by atoms with Gasteiger partial charge < -0.3 is 5.11 Å². The molecule has 1 rings (SSSR count). The molecule has 0 aromatic rings. The van der Waals surface area contributed by atoms with Crippen molar-refractivity contribution in [3.63, 3.8) is 0 Å². The van der Waals surface area contributed by atoms with Crippen LogP contribution < -0.4 is 0 Å². The summed E-state index contributed by atoms with van der Waals surface area (Å²) in [4.78, 5) is 11.0. The van der Waals surface area contributed by atoms with Crippen molar-refractivity contribution in [1.29, 1.82) is 0 Å². The number of hydrogen-bond acceptors (Lipinski definition) is 1. The fraction of sp³-hybridized carbons (Fsp3) is 0.917. The fourth-order valence-electron chi connectivity index (χ4n) is 2.56. The highest BCUT2D eigenvalue weighted by Gasteiger charge is 2.38. The highest BCUT2D eigenvalue weighted by Crippen LogP contribution is 2.41. The maximum atomic E-state index is 12.8. The van der Waals surface area contributed by atoms with Crippen LogP contribution >= 0.6 is 0 Å². The van der Waals surface area contributed by atoms with E-state index < -0.39 is 23.7 Å². The maximum Gasteiger partial charge on any atom is 0.309 e. The summed E-state index contributed by atoms with van der Waals surface area (Å²) in [5.41, 5.74) is -0.894. The molecule has 1 saturated carbocycles. The molecule has 0 saturated heterocycles. The van der Waals surface area contributed by atoms with Gasteiger partial charge in [-0.05, 0) is 39.0 Å². The zero-order valence-electron chi connectivity index (χ0n) is 9.88. The summed E-state index contributed by atoms with van der Waals surface area (Å²) in [6.45, 7) is 3.24. The van der Waals surface area contributed by atoms with E-state index in [1.165, 1.54) is 0 Å². The zero-order valence-corrected chi connectivity index (χ0v) is 9.88. The second-order valence-electron chi connectivity index (χ2n) is 5.44. The van der Waals surface area contributed by atoms with Gasteiger partial charge in [0.1, 0.15) is 0 Å². The number of carbonyl (C=O) groups is 1. The van der Waals surface area contributed by atoms with E-state index >= 15 is 0 Å². The Labute approximate surface area is 95.0 Å². The van der Waals surface area contributed by atoms with Crippen molar-refractivity contribution in [1.82, 2.24) is 0 Å². The SMILES string of the molecule is CC(C)(CC1CCCCC1C(F)F)C(=O)O. The summed E-state index contributed by atoms with van der Waals surface area (Å²) in [5.74, 6) is -1.64. The molecule has 0 spiro atoms.